The highest BCUT2D eigenvalue weighted by Gasteiger charge is 2.51. The monoisotopic (exact) mass is 274 g/mol. The molecule has 1 N–H and O–H groups in total. The van der Waals surface area contributed by atoms with E-state index >= 15 is 0 Å². The third-order valence-electron chi connectivity index (χ3n) is 6.44. The van der Waals surface area contributed by atoms with Crippen LogP contribution in [0, 0.1) is 17.8 Å². The number of hydrogen-bond donors (Lipinski definition) is 1. The molecule has 0 spiro atoms. The molecule has 5 rings (SSSR count). The van der Waals surface area contributed by atoms with E-state index in [1.165, 1.54) is 76.5 Å². The Balaban J connectivity index is 1.44. The first kappa shape index (κ1) is 13.2. The van der Waals surface area contributed by atoms with Crippen molar-refractivity contribution in [2.45, 2.75) is 89.1 Å². The van der Waals surface area contributed by atoms with Crippen LogP contribution in [0.25, 0.3) is 0 Å². The Morgan fingerprint density at radius 3 is 2.00 bits per heavy atom. The maximum Gasteiger partial charge on any atom is 0.0939 e. The molecule has 20 heavy (non-hydrogen) atoms. The van der Waals surface area contributed by atoms with E-state index in [2.05, 4.69) is 12.2 Å². The van der Waals surface area contributed by atoms with Gasteiger partial charge in [0.15, 0.2) is 0 Å². The largest absolute Gasteiger partial charge is 0.369 e. The lowest BCUT2D eigenvalue weighted by molar-refractivity contribution is -0.0102. The molecule has 5 saturated carbocycles. The van der Waals surface area contributed by atoms with E-state index in [4.69, 9.17) is 4.99 Å². The van der Waals surface area contributed by atoms with Gasteiger partial charge >= 0.3 is 0 Å². The average molecular weight is 274 g/mol. The van der Waals surface area contributed by atoms with Crippen molar-refractivity contribution in [3.63, 3.8) is 0 Å². The van der Waals surface area contributed by atoms with Crippen molar-refractivity contribution in [3.8, 4) is 0 Å². The summed E-state index contributed by atoms with van der Waals surface area (Å²) in [6.45, 7) is 2.23. The van der Waals surface area contributed by atoms with Crippen molar-refractivity contribution in [2.75, 3.05) is 0 Å². The average Bonchev–Trinajstić information content (AvgIpc) is 2.37. The second kappa shape index (κ2) is 5.03. The van der Waals surface area contributed by atoms with Gasteiger partial charge in [0.25, 0.3) is 0 Å². The predicted molar refractivity (Wildman–Crippen MR) is 84.0 cm³/mol. The molecule has 0 atom stereocenters. The van der Waals surface area contributed by atoms with Gasteiger partial charge in [0, 0.05) is 5.54 Å². The molecule has 0 aromatic carbocycles. The standard InChI is InChI=1S/C18H30N2/c1-13(19-17-5-3-2-4-6-17)20-18-10-14-7-15(11-18)9-16(8-14)12-18/h14-17H,2-12H2,1H3,(H,19,20). The van der Waals surface area contributed by atoms with Crippen LogP contribution in [-0.2, 0) is 0 Å². The summed E-state index contributed by atoms with van der Waals surface area (Å²) in [5.41, 5.74) is 0.441. The molecule has 5 aliphatic carbocycles. The van der Waals surface area contributed by atoms with Gasteiger partial charge in [-0.15, -0.1) is 0 Å². The van der Waals surface area contributed by atoms with Gasteiger partial charge in [0.05, 0.1) is 11.9 Å². The molecule has 2 nitrogen and oxygen atoms in total. The quantitative estimate of drug-likeness (QED) is 0.589. The van der Waals surface area contributed by atoms with Gasteiger partial charge in [0.1, 0.15) is 0 Å². The SMILES string of the molecule is CC(=NC1CCCCC1)NC12CC3CC(CC(C3)C1)C2. The summed E-state index contributed by atoms with van der Waals surface area (Å²) in [7, 11) is 0. The van der Waals surface area contributed by atoms with Crippen LogP contribution in [0.4, 0.5) is 0 Å². The summed E-state index contributed by atoms with van der Waals surface area (Å²) in [6.07, 6.45) is 15.7. The van der Waals surface area contributed by atoms with Crippen LogP contribution >= 0.6 is 0 Å². The van der Waals surface area contributed by atoms with Crippen molar-refractivity contribution < 1.29 is 0 Å². The van der Waals surface area contributed by atoms with Gasteiger partial charge in [-0.05, 0) is 76.0 Å². The van der Waals surface area contributed by atoms with E-state index in [9.17, 15) is 0 Å². The minimum Gasteiger partial charge on any atom is -0.369 e. The zero-order valence-corrected chi connectivity index (χ0v) is 13.0. The number of amidine groups is 1. The Hall–Kier alpha value is -0.530. The fourth-order valence-corrected chi connectivity index (χ4v) is 6.16. The van der Waals surface area contributed by atoms with Crippen LogP contribution in [0.3, 0.4) is 0 Å². The van der Waals surface area contributed by atoms with Crippen LogP contribution in [0.2, 0.25) is 0 Å². The molecule has 0 saturated heterocycles. The molecule has 0 amide bonds. The summed E-state index contributed by atoms with van der Waals surface area (Å²) in [4.78, 5) is 5.02. The predicted octanol–water partition coefficient (Wildman–Crippen LogP) is 4.30. The molecule has 0 aromatic rings. The Morgan fingerprint density at radius 1 is 0.900 bits per heavy atom. The van der Waals surface area contributed by atoms with Crippen molar-refractivity contribution in [1.82, 2.24) is 5.32 Å². The Labute approximate surface area is 123 Å². The summed E-state index contributed by atoms with van der Waals surface area (Å²) >= 11 is 0. The van der Waals surface area contributed by atoms with Crippen molar-refractivity contribution in [2.24, 2.45) is 22.7 Å². The smallest absolute Gasteiger partial charge is 0.0939 e. The maximum atomic E-state index is 5.02. The van der Waals surface area contributed by atoms with Gasteiger partial charge < -0.3 is 5.32 Å². The van der Waals surface area contributed by atoms with Crippen LogP contribution < -0.4 is 5.32 Å². The molecule has 2 heteroatoms. The van der Waals surface area contributed by atoms with Crippen molar-refractivity contribution in [1.29, 1.82) is 0 Å². The molecule has 0 unspecified atom stereocenters. The second-order valence-electron chi connectivity index (χ2n) is 8.33. The zero-order chi connectivity index (χ0) is 13.6. The van der Waals surface area contributed by atoms with Crippen LogP contribution in [0.5, 0.6) is 0 Å². The molecular weight excluding hydrogens is 244 g/mol. The lowest BCUT2D eigenvalue weighted by Crippen LogP contribution is -2.59. The van der Waals surface area contributed by atoms with Gasteiger partial charge in [0.2, 0.25) is 0 Å². The third-order valence-corrected chi connectivity index (χ3v) is 6.44. The Kier molecular flexibility index (Phi) is 3.31. The van der Waals surface area contributed by atoms with E-state index in [0.29, 0.717) is 11.6 Å². The molecule has 0 aromatic heterocycles. The summed E-state index contributed by atoms with van der Waals surface area (Å²) in [5, 5.41) is 3.92. The number of nitrogens with zero attached hydrogens (tertiary/aromatic N) is 1. The number of aliphatic imine (C=N–C) groups is 1. The minimum atomic E-state index is 0.441. The van der Waals surface area contributed by atoms with E-state index in [1.807, 2.05) is 0 Å². The van der Waals surface area contributed by atoms with E-state index in [0.717, 1.165) is 17.8 Å². The molecule has 112 valence electrons. The highest BCUT2D eigenvalue weighted by molar-refractivity contribution is 5.80. The highest BCUT2D eigenvalue weighted by atomic mass is 15.1. The fourth-order valence-electron chi connectivity index (χ4n) is 6.16. The molecule has 5 fully saturated rings. The molecule has 5 aliphatic rings. The molecule has 0 aliphatic heterocycles. The second-order valence-corrected chi connectivity index (χ2v) is 8.33. The molecule has 0 radical (unpaired) electrons. The lowest BCUT2D eigenvalue weighted by Gasteiger charge is -2.57. The molecular formula is C18H30N2. The van der Waals surface area contributed by atoms with Crippen LogP contribution in [0.1, 0.15) is 77.6 Å². The summed E-state index contributed by atoms with van der Waals surface area (Å²) < 4.78 is 0. The zero-order valence-electron chi connectivity index (χ0n) is 13.0. The number of rotatable bonds is 2. The molecule has 0 heterocycles. The van der Waals surface area contributed by atoms with Crippen molar-refractivity contribution >= 4 is 5.84 Å². The Bertz CT molecular complexity index is 357. The maximum absolute atomic E-state index is 5.02. The summed E-state index contributed by atoms with van der Waals surface area (Å²) in [5.74, 6) is 4.32. The van der Waals surface area contributed by atoms with Gasteiger partial charge in [-0.1, -0.05) is 19.3 Å². The first-order chi connectivity index (χ1) is 9.71. The van der Waals surface area contributed by atoms with E-state index < -0.39 is 0 Å². The van der Waals surface area contributed by atoms with Crippen LogP contribution in [-0.4, -0.2) is 17.4 Å². The van der Waals surface area contributed by atoms with Gasteiger partial charge in [-0.2, -0.15) is 0 Å². The van der Waals surface area contributed by atoms with Crippen molar-refractivity contribution in [3.05, 3.63) is 0 Å². The third kappa shape index (κ3) is 2.51. The van der Waals surface area contributed by atoms with E-state index in [-0.39, 0.29) is 0 Å². The number of hydrogen-bond acceptors (Lipinski definition) is 1. The Morgan fingerprint density at radius 2 is 1.45 bits per heavy atom. The minimum absolute atomic E-state index is 0.441. The summed E-state index contributed by atoms with van der Waals surface area (Å²) in [6, 6.07) is 0.616. The van der Waals surface area contributed by atoms with E-state index in [1.54, 1.807) is 0 Å². The first-order valence-corrected chi connectivity index (χ1v) is 9.03. The fraction of sp³-hybridized carbons (Fsp3) is 0.944. The normalized spacial score (nSPS) is 44.9. The van der Waals surface area contributed by atoms with Gasteiger partial charge in [-0.25, -0.2) is 0 Å². The highest BCUT2D eigenvalue weighted by Crippen LogP contribution is 2.55. The first-order valence-electron chi connectivity index (χ1n) is 9.03. The topological polar surface area (TPSA) is 24.4 Å². The number of nitrogens with one attached hydrogen (secondary N) is 1. The van der Waals surface area contributed by atoms with Gasteiger partial charge in [-0.3, -0.25) is 4.99 Å². The lowest BCUT2D eigenvalue weighted by atomic mass is 9.53. The molecule has 4 bridgehead atoms. The van der Waals surface area contributed by atoms with Crippen LogP contribution in [0.15, 0.2) is 4.99 Å².